The summed E-state index contributed by atoms with van der Waals surface area (Å²) >= 11 is 0. The van der Waals surface area contributed by atoms with Gasteiger partial charge in [-0.3, -0.25) is 4.90 Å². The second-order valence-electron chi connectivity index (χ2n) is 6.88. The van der Waals surface area contributed by atoms with Gasteiger partial charge in [0.2, 0.25) is 16.8 Å². The molecule has 3 heterocycles. The molecule has 154 valence electrons. The molecular weight excluding hydrogens is 406 g/mol. The molecule has 0 radical (unpaired) electrons. The van der Waals surface area contributed by atoms with E-state index in [1.165, 1.54) is 0 Å². The zero-order valence-corrected chi connectivity index (χ0v) is 17.4. The molecular formula is C18H24ClN3O5S. The molecule has 1 aromatic carbocycles. The molecule has 28 heavy (non-hydrogen) atoms. The predicted octanol–water partition coefficient (Wildman–Crippen LogP) is 2.56. The normalized spacial score (nSPS) is 17.5. The summed E-state index contributed by atoms with van der Waals surface area (Å²) in [5.41, 5.74) is 1.36. The first-order chi connectivity index (χ1) is 13.0. The maximum absolute atomic E-state index is 12.8. The third-order valence-corrected chi connectivity index (χ3v) is 6.73. The van der Waals surface area contributed by atoms with Crippen LogP contribution in [0.15, 0.2) is 27.6 Å². The van der Waals surface area contributed by atoms with E-state index in [0.717, 1.165) is 37.2 Å². The predicted molar refractivity (Wildman–Crippen MR) is 105 cm³/mol. The van der Waals surface area contributed by atoms with Crippen LogP contribution in [0.5, 0.6) is 11.5 Å². The first kappa shape index (κ1) is 20.9. The van der Waals surface area contributed by atoms with Crippen LogP contribution in [-0.4, -0.2) is 44.9 Å². The molecule has 10 heteroatoms. The highest BCUT2D eigenvalue weighted by Crippen LogP contribution is 2.36. The van der Waals surface area contributed by atoms with Gasteiger partial charge in [-0.05, 0) is 57.5 Å². The summed E-state index contributed by atoms with van der Waals surface area (Å²) in [6, 6.07) is 5.71. The van der Waals surface area contributed by atoms with Crippen molar-refractivity contribution in [1.82, 2.24) is 14.8 Å². The van der Waals surface area contributed by atoms with Gasteiger partial charge >= 0.3 is 0 Å². The van der Waals surface area contributed by atoms with Gasteiger partial charge in [-0.2, -0.15) is 0 Å². The zero-order chi connectivity index (χ0) is 19.0. The molecule has 2 aliphatic heterocycles. The number of benzene rings is 1. The van der Waals surface area contributed by atoms with Crippen LogP contribution < -0.4 is 14.2 Å². The van der Waals surface area contributed by atoms with E-state index in [-0.39, 0.29) is 36.7 Å². The number of likely N-dealkylation sites (tertiary alicyclic amines) is 1. The maximum Gasteiger partial charge on any atom is 0.246 e. The zero-order valence-electron chi connectivity index (χ0n) is 15.8. The summed E-state index contributed by atoms with van der Waals surface area (Å²) < 4.78 is 44.2. The van der Waals surface area contributed by atoms with Crippen LogP contribution in [0.2, 0.25) is 0 Å². The number of sulfonamides is 1. The molecule has 2 aromatic rings. The van der Waals surface area contributed by atoms with Gasteiger partial charge in [-0.15, -0.1) is 12.4 Å². The minimum atomic E-state index is -3.71. The summed E-state index contributed by atoms with van der Waals surface area (Å²) in [6.07, 6.45) is 2.22. The second kappa shape index (κ2) is 8.28. The van der Waals surface area contributed by atoms with Crippen LogP contribution in [0.25, 0.3) is 0 Å². The molecule has 8 nitrogen and oxygen atoms in total. The van der Waals surface area contributed by atoms with E-state index < -0.39 is 10.0 Å². The first-order valence-corrected chi connectivity index (χ1v) is 10.5. The molecule has 1 fully saturated rings. The Labute approximate surface area is 170 Å². The highest BCUT2D eigenvalue weighted by atomic mass is 35.5. The van der Waals surface area contributed by atoms with Gasteiger partial charge in [-0.1, -0.05) is 11.2 Å². The summed E-state index contributed by atoms with van der Waals surface area (Å²) in [7, 11) is -3.71. The lowest BCUT2D eigenvalue weighted by atomic mass is 10.1. The van der Waals surface area contributed by atoms with Gasteiger partial charge in [0.25, 0.3) is 0 Å². The van der Waals surface area contributed by atoms with Crippen LogP contribution in [0.3, 0.4) is 0 Å². The Morgan fingerprint density at radius 1 is 1.18 bits per heavy atom. The number of rotatable bonds is 6. The van der Waals surface area contributed by atoms with Gasteiger partial charge in [0, 0.05) is 12.6 Å². The molecule has 1 saturated heterocycles. The summed E-state index contributed by atoms with van der Waals surface area (Å²) in [6.45, 7) is 5.57. The Balaban J connectivity index is 0.00000225. The molecule has 1 aromatic heterocycles. The number of hydrogen-bond donors (Lipinski definition) is 1. The number of aromatic nitrogens is 1. The third-order valence-electron chi connectivity index (χ3n) is 5.07. The van der Waals surface area contributed by atoms with E-state index in [1.54, 1.807) is 13.8 Å². The maximum atomic E-state index is 12.8. The second-order valence-corrected chi connectivity index (χ2v) is 8.58. The number of hydrogen-bond acceptors (Lipinski definition) is 7. The van der Waals surface area contributed by atoms with Crippen molar-refractivity contribution in [3.63, 3.8) is 0 Å². The van der Waals surface area contributed by atoms with Crippen molar-refractivity contribution in [2.24, 2.45) is 0 Å². The SMILES string of the molecule is Cc1noc(C)c1S(=O)(=O)NCC(c1ccc2c(c1)OCO2)N1CCCC1.Cl. The van der Waals surface area contributed by atoms with Gasteiger partial charge in [-0.25, -0.2) is 13.1 Å². The smallest absolute Gasteiger partial charge is 0.246 e. The van der Waals surface area contributed by atoms with Crippen molar-refractivity contribution in [3.8, 4) is 11.5 Å². The molecule has 0 saturated carbocycles. The quantitative estimate of drug-likeness (QED) is 0.754. The van der Waals surface area contributed by atoms with E-state index in [4.69, 9.17) is 14.0 Å². The van der Waals surface area contributed by atoms with Crippen LogP contribution >= 0.6 is 12.4 Å². The largest absolute Gasteiger partial charge is 0.454 e. The number of fused-ring (bicyclic) bond motifs is 1. The Morgan fingerprint density at radius 3 is 2.57 bits per heavy atom. The fourth-order valence-electron chi connectivity index (χ4n) is 3.75. The van der Waals surface area contributed by atoms with E-state index in [2.05, 4.69) is 14.8 Å². The monoisotopic (exact) mass is 429 g/mol. The minimum Gasteiger partial charge on any atom is -0.454 e. The Hall–Kier alpha value is -1.81. The fourth-order valence-corrected chi connectivity index (χ4v) is 5.11. The molecule has 0 bridgehead atoms. The van der Waals surface area contributed by atoms with Crippen LogP contribution in [0, 0.1) is 13.8 Å². The average Bonchev–Trinajstić information content (AvgIpc) is 3.36. The van der Waals surface area contributed by atoms with Crippen molar-refractivity contribution in [3.05, 3.63) is 35.2 Å². The lowest BCUT2D eigenvalue weighted by molar-refractivity contribution is 0.173. The van der Waals surface area contributed by atoms with Crippen molar-refractivity contribution in [2.75, 3.05) is 26.4 Å². The Bertz CT molecular complexity index is 921. The number of nitrogens with one attached hydrogen (secondary N) is 1. The Morgan fingerprint density at radius 2 is 1.89 bits per heavy atom. The first-order valence-electron chi connectivity index (χ1n) is 9.02. The molecule has 0 spiro atoms. The van der Waals surface area contributed by atoms with Crippen LogP contribution in [0.1, 0.15) is 35.9 Å². The lowest BCUT2D eigenvalue weighted by Gasteiger charge is -2.28. The summed E-state index contributed by atoms with van der Waals surface area (Å²) in [4.78, 5) is 2.42. The topological polar surface area (TPSA) is 93.9 Å². The molecule has 0 aliphatic carbocycles. The standard InChI is InChI=1S/C18H23N3O5S.ClH/c1-12-18(13(2)26-20-12)27(22,23)19-10-15(21-7-3-4-8-21)14-5-6-16-17(9-14)25-11-24-16;/h5-6,9,15,19H,3-4,7-8,10-11H2,1-2H3;1H. The van der Waals surface area contributed by atoms with Crippen molar-refractivity contribution >= 4 is 22.4 Å². The third kappa shape index (κ3) is 3.98. The van der Waals surface area contributed by atoms with Gasteiger partial charge in [0.1, 0.15) is 10.6 Å². The van der Waals surface area contributed by atoms with Crippen molar-refractivity contribution < 1.29 is 22.4 Å². The van der Waals surface area contributed by atoms with E-state index >= 15 is 0 Å². The highest BCUT2D eigenvalue weighted by molar-refractivity contribution is 7.89. The van der Waals surface area contributed by atoms with E-state index in [1.807, 2.05) is 18.2 Å². The van der Waals surface area contributed by atoms with Gasteiger partial charge < -0.3 is 14.0 Å². The molecule has 2 aliphatic rings. The summed E-state index contributed by atoms with van der Waals surface area (Å²) in [5, 5.41) is 3.75. The fraction of sp³-hybridized carbons (Fsp3) is 0.500. The molecule has 1 N–H and O–H groups in total. The lowest BCUT2D eigenvalue weighted by Crippen LogP contribution is -2.37. The molecule has 0 amide bonds. The molecule has 4 rings (SSSR count). The molecule has 1 unspecified atom stereocenters. The highest BCUT2D eigenvalue weighted by Gasteiger charge is 2.29. The van der Waals surface area contributed by atoms with Gasteiger partial charge in [0.15, 0.2) is 17.3 Å². The van der Waals surface area contributed by atoms with Crippen molar-refractivity contribution in [1.29, 1.82) is 0 Å². The Kier molecular flexibility index (Phi) is 6.18. The summed E-state index contributed by atoms with van der Waals surface area (Å²) in [5.74, 6) is 1.71. The minimum absolute atomic E-state index is 0. The number of aryl methyl sites for hydroxylation is 2. The van der Waals surface area contributed by atoms with E-state index in [0.29, 0.717) is 17.2 Å². The van der Waals surface area contributed by atoms with Crippen molar-refractivity contribution in [2.45, 2.75) is 37.6 Å². The van der Waals surface area contributed by atoms with Gasteiger partial charge in [0.05, 0.1) is 0 Å². The number of nitrogens with zero attached hydrogens (tertiary/aromatic N) is 2. The molecule has 1 atom stereocenters. The number of ether oxygens (including phenoxy) is 2. The van der Waals surface area contributed by atoms with Crippen LogP contribution in [0.4, 0.5) is 0 Å². The average molecular weight is 430 g/mol. The number of halogens is 1. The van der Waals surface area contributed by atoms with E-state index in [9.17, 15) is 8.42 Å². The van der Waals surface area contributed by atoms with Crippen LogP contribution in [-0.2, 0) is 10.0 Å².